The number of benzene rings is 4. The summed E-state index contributed by atoms with van der Waals surface area (Å²) in [5.41, 5.74) is 3.07. The van der Waals surface area contributed by atoms with Gasteiger partial charge in [-0.3, -0.25) is 9.59 Å². The lowest BCUT2D eigenvalue weighted by Gasteiger charge is -2.15. The van der Waals surface area contributed by atoms with Crippen LogP contribution in [0, 0.1) is 0 Å². The van der Waals surface area contributed by atoms with Crippen LogP contribution < -0.4 is 10.3 Å². The molecular weight excluding hydrogens is 480 g/mol. The van der Waals surface area contributed by atoms with E-state index in [9.17, 15) is 14.4 Å². The maximum atomic E-state index is 13.4. The van der Waals surface area contributed by atoms with Crippen molar-refractivity contribution in [3.63, 3.8) is 0 Å². The van der Waals surface area contributed by atoms with E-state index >= 15 is 0 Å². The SMILES string of the molecule is CCOC(=O)c1ccc(COc2cc3c(nc(Cc4ccccc4)c(=O)n3C(C)=O)c3ccccc23)cc1. The maximum absolute atomic E-state index is 13.4. The highest BCUT2D eigenvalue weighted by atomic mass is 16.5. The minimum Gasteiger partial charge on any atom is -0.488 e. The third-order valence-electron chi connectivity index (χ3n) is 6.28. The molecular formula is C31H26N2O5. The first-order valence-corrected chi connectivity index (χ1v) is 12.4. The summed E-state index contributed by atoms with van der Waals surface area (Å²) in [6, 6.07) is 25.9. The number of esters is 1. The number of hydrogen-bond donors (Lipinski definition) is 0. The summed E-state index contributed by atoms with van der Waals surface area (Å²) < 4.78 is 12.4. The molecule has 0 spiro atoms. The van der Waals surface area contributed by atoms with Crippen molar-refractivity contribution in [2.24, 2.45) is 0 Å². The van der Waals surface area contributed by atoms with E-state index in [1.807, 2.05) is 54.6 Å². The van der Waals surface area contributed by atoms with Crippen LogP contribution in [0.5, 0.6) is 5.75 Å². The molecule has 38 heavy (non-hydrogen) atoms. The van der Waals surface area contributed by atoms with Crippen molar-refractivity contribution in [3.05, 3.63) is 118 Å². The Kier molecular flexibility index (Phi) is 7.00. The zero-order valence-corrected chi connectivity index (χ0v) is 21.1. The molecule has 0 saturated carbocycles. The molecule has 0 aliphatic heterocycles. The van der Waals surface area contributed by atoms with E-state index in [0.29, 0.717) is 41.1 Å². The maximum Gasteiger partial charge on any atom is 0.338 e. The van der Waals surface area contributed by atoms with Crippen molar-refractivity contribution in [2.75, 3.05) is 6.61 Å². The number of fused-ring (bicyclic) bond motifs is 3. The molecule has 190 valence electrons. The molecule has 0 unspecified atom stereocenters. The largest absolute Gasteiger partial charge is 0.488 e. The Hall–Kier alpha value is -4.78. The Bertz CT molecular complexity index is 1710. The van der Waals surface area contributed by atoms with Gasteiger partial charge in [0.1, 0.15) is 18.1 Å². The number of carbonyl (C=O) groups is 2. The highest BCUT2D eigenvalue weighted by Gasteiger charge is 2.19. The number of ether oxygens (including phenoxy) is 2. The molecule has 5 rings (SSSR count). The van der Waals surface area contributed by atoms with E-state index in [4.69, 9.17) is 14.5 Å². The van der Waals surface area contributed by atoms with Crippen molar-refractivity contribution in [3.8, 4) is 5.75 Å². The molecule has 0 saturated heterocycles. The van der Waals surface area contributed by atoms with E-state index in [2.05, 4.69) is 0 Å². The molecule has 1 heterocycles. The van der Waals surface area contributed by atoms with Gasteiger partial charge < -0.3 is 9.47 Å². The lowest BCUT2D eigenvalue weighted by atomic mass is 10.1. The average Bonchev–Trinajstić information content (AvgIpc) is 2.93. The standard InChI is InChI=1S/C31H26N2O5/c1-3-37-31(36)23-15-13-22(14-16-23)19-38-28-18-27-29(25-12-8-7-11-24(25)28)32-26(30(35)33(27)20(2)34)17-21-9-5-4-6-10-21/h4-16,18H,3,17,19H2,1-2H3. The van der Waals surface area contributed by atoms with Crippen LogP contribution >= 0.6 is 0 Å². The van der Waals surface area contributed by atoms with Crippen molar-refractivity contribution in [2.45, 2.75) is 26.9 Å². The Labute approximate surface area is 219 Å². The van der Waals surface area contributed by atoms with Gasteiger partial charge in [0.2, 0.25) is 5.91 Å². The summed E-state index contributed by atoms with van der Waals surface area (Å²) in [7, 11) is 0. The quantitative estimate of drug-likeness (QED) is 0.212. The lowest BCUT2D eigenvalue weighted by molar-refractivity contribution is 0.0526. The monoisotopic (exact) mass is 506 g/mol. The summed E-state index contributed by atoms with van der Waals surface area (Å²) >= 11 is 0. The molecule has 0 N–H and O–H groups in total. The van der Waals surface area contributed by atoms with Crippen molar-refractivity contribution >= 4 is 33.7 Å². The molecule has 5 aromatic rings. The second-order valence-corrected chi connectivity index (χ2v) is 8.87. The van der Waals surface area contributed by atoms with Crippen LogP contribution in [0.2, 0.25) is 0 Å². The number of aromatic nitrogens is 2. The number of hydrogen-bond acceptors (Lipinski definition) is 6. The van der Waals surface area contributed by atoms with E-state index < -0.39 is 11.5 Å². The topological polar surface area (TPSA) is 87.5 Å². The van der Waals surface area contributed by atoms with Crippen LogP contribution in [-0.2, 0) is 17.8 Å². The molecule has 4 aromatic carbocycles. The van der Waals surface area contributed by atoms with Gasteiger partial charge in [-0.1, -0.05) is 66.7 Å². The van der Waals surface area contributed by atoms with Crippen LogP contribution in [0.1, 0.15) is 45.8 Å². The summed E-state index contributed by atoms with van der Waals surface area (Å²) in [5.74, 6) is -0.246. The van der Waals surface area contributed by atoms with Gasteiger partial charge in [0.15, 0.2) is 0 Å². The molecule has 0 radical (unpaired) electrons. The van der Waals surface area contributed by atoms with Crippen LogP contribution in [-0.4, -0.2) is 28.0 Å². The second kappa shape index (κ2) is 10.7. The predicted octanol–water partition coefficient (Wildman–Crippen LogP) is 5.56. The molecule has 0 atom stereocenters. The van der Waals surface area contributed by atoms with Gasteiger partial charge in [-0.2, -0.15) is 0 Å². The number of carbonyl (C=O) groups excluding carboxylic acids is 2. The Morgan fingerprint density at radius 3 is 2.24 bits per heavy atom. The molecule has 0 aliphatic carbocycles. The van der Waals surface area contributed by atoms with Crippen LogP contribution in [0.25, 0.3) is 21.8 Å². The highest BCUT2D eigenvalue weighted by Crippen LogP contribution is 2.33. The minimum atomic E-state index is -0.440. The summed E-state index contributed by atoms with van der Waals surface area (Å²) in [6.45, 7) is 3.67. The highest BCUT2D eigenvalue weighted by molar-refractivity contribution is 6.09. The Balaban J connectivity index is 1.57. The fourth-order valence-corrected chi connectivity index (χ4v) is 4.47. The number of nitrogens with zero attached hydrogens (tertiary/aromatic N) is 2. The third kappa shape index (κ3) is 4.91. The van der Waals surface area contributed by atoms with Crippen LogP contribution in [0.4, 0.5) is 0 Å². The van der Waals surface area contributed by atoms with E-state index in [0.717, 1.165) is 21.9 Å². The molecule has 1 aromatic heterocycles. The first kappa shape index (κ1) is 24.9. The first-order valence-electron chi connectivity index (χ1n) is 12.4. The van der Waals surface area contributed by atoms with Crippen molar-refractivity contribution < 1.29 is 19.1 Å². The van der Waals surface area contributed by atoms with E-state index in [1.54, 1.807) is 37.3 Å². The normalized spacial score (nSPS) is 11.0. The van der Waals surface area contributed by atoms with E-state index in [-0.39, 0.29) is 12.6 Å². The van der Waals surface area contributed by atoms with Gasteiger partial charge >= 0.3 is 5.97 Å². The van der Waals surface area contributed by atoms with Crippen LogP contribution in [0.3, 0.4) is 0 Å². The summed E-state index contributed by atoms with van der Waals surface area (Å²) in [6.07, 6.45) is 0.317. The molecule has 0 bridgehead atoms. The van der Waals surface area contributed by atoms with Crippen molar-refractivity contribution in [1.29, 1.82) is 0 Å². The Morgan fingerprint density at radius 2 is 1.55 bits per heavy atom. The van der Waals surface area contributed by atoms with Crippen molar-refractivity contribution in [1.82, 2.24) is 9.55 Å². The number of rotatable bonds is 7. The zero-order chi connectivity index (χ0) is 26.6. The first-order chi connectivity index (χ1) is 18.5. The van der Waals surface area contributed by atoms with Gasteiger partial charge in [-0.05, 0) is 30.2 Å². The predicted molar refractivity (Wildman–Crippen MR) is 146 cm³/mol. The zero-order valence-electron chi connectivity index (χ0n) is 21.1. The third-order valence-corrected chi connectivity index (χ3v) is 6.28. The fraction of sp³-hybridized carbons (Fsp3) is 0.161. The fourth-order valence-electron chi connectivity index (χ4n) is 4.47. The van der Waals surface area contributed by atoms with Gasteiger partial charge in [-0.15, -0.1) is 0 Å². The Morgan fingerprint density at radius 1 is 0.868 bits per heavy atom. The van der Waals surface area contributed by atoms with Gasteiger partial charge in [0.05, 0.1) is 23.2 Å². The molecule has 7 heteroatoms. The minimum absolute atomic E-state index is 0.225. The van der Waals surface area contributed by atoms with Crippen LogP contribution in [0.15, 0.2) is 89.7 Å². The average molecular weight is 507 g/mol. The summed E-state index contributed by atoms with van der Waals surface area (Å²) in [4.78, 5) is 42.8. The lowest BCUT2D eigenvalue weighted by Crippen LogP contribution is -2.29. The van der Waals surface area contributed by atoms with Gasteiger partial charge in [-0.25, -0.2) is 14.3 Å². The molecule has 0 amide bonds. The van der Waals surface area contributed by atoms with Gasteiger partial charge in [0.25, 0.3) is 5.56 Å². The smallest absolute Gasteiger partial charge is 0.338 e. The molecule has 0 fully saturated rings. The molecule has 7 nitrogen and oxygen atoms in total. The van der Waals surface area contributed by atoms with E-state index in [1.165, 1.54) is 11.5 Å². The molecule has 0 aliphatic rings. The van der Waals surface area contributed by atoms with Gasteiger partial charge in [0, 0.05) is 30.2 Å². The summed E-state index contributed by atoms with van der Waals surface area (Å²) in [5, 5.41) is 1.59. The second-order valence-electron chi connectivity index (χ2n) is 8.87.